The molecule has 3 aromatic rings. The van der Waals surface area contributed by atoms with Crippen LogP contribution >= 0.6 is 27.7 Å². The number of fused-ring (bicyclic) bond motifs is 1. The maximum absolute atomic E-state index is 12.5. The summed E-state index contributed by atoms with van der Waals surface area (Å²) in [6.45, 7) is 1.97. The second-order valence-electron chi connectivity index (χ2n) is 6.58. The molecule has 1 aliphatic rings. The zero-order valence-electron chi connectivity index (χ0n) is 16.2. The van der Waals surface area contributed by atoms with Crippen LogP contribution in [-0.2, 0) is 4.79 Å². The van der Waals surface area contributed by atoms with Crippen molar-refractivity contribution in [2.45, 2.75) is 12.2 Å². The van der Waals surface area contributed by atoms with E-state index in [4.69, 9.17) is 14.6 Å². The molecule has 4 rings (SSSR count). The molecule has 1 aromatic heterocycles. The molecule has 0 saturated heterocycles. The lowest BCUT2D eigenvalue weighted by atomic mass is 10.0. The number of nitrogens with one attached hydrogen (secondary N) is 1. The van der Waals surface area contributed by atoms with E-state index < -0.39 is 0 Å². The lowest BCUT2D eigenvalue weighted by Gasteiger charge is -2.18. The second-order valence-corrected chi connectivity index (χ2v) is 8.59. The normalized spacial score (nSPS) is 16.0. The Hall–Kier alpha value is -2.45. The molecular formula is C21H20BrN3O3S. The van der Waals surface area contributed by atoms with Gasteiger partial charge in [0.1, 0.15) is 17.3 Å². The monoisotopic (exact) mass is 473 g/mol. The first-order valence-corrected chi connectivity index (χ1v) is 10.8. The zero-order valence-corrected chi connectivity index (χ0v) is 18.6. The van der Waals surface area contributed by atoms with Crippen LogP contribution in [0.5, 0.6) is 11.5 Å². The van der Waals surface area contributed by atoms with E-state index in [-0.39, 0.29) is 11.2 Å². The molecule has 0 spiro atoms. The number of carbonyl (C=O) groups is 1. The minimum absolute atomic E-state index is 0.0534. The molecule has 6 nitrogen and oxygen atoms in total. The van der Waals surface area contributed by atoms with Crippen LogP contribution < -0.4 is 14.8 Å². The quantitative estimate of drug-likeness (QED) is 0.592. The zero-order chi connectivity index (χ0) is 20.5. The third kappa shape index (κ3) is 3.74. The minimum Gasteiger partial charge on any atom is -0.497 e. The van der Waals surface area contributed by atoms with Gasteiger partial charge in [-0.2, -0.15) is 5.10 Å². The highest BCUT2D eigenvalue weighted by atomic mass is 79.9. The molecule has 29 heavy (non-hydrogen) atoms. The number of aryl methyl sites for hydroxylation is 1. The van der Waals surface area contributed by atoms with Crippen molar-refractivity contribution in [3.63, 3.8) is 0 Å². The third-order valence-corrected chi connectivity index (χ3v) is 6.54. The standard InChI is InChI=1S/C21H20BrN3O3S/c1-12-19-20(16-10-13(22)4-9-17(16)28-3)29-11-18(26)23-21(19)25(24-12)14-5-7-15(27-2)8-6-14/h4-10,20H,11H2,1-3H3,(H,23,26)/t20-/m1/s1. The van der Waals surface area contributed by atoms with Crippen molar-refractivity contribution in [1.82, 2.24) is 9.78 Å². The highest BCUT2D eigenvalue weighted by molar-refractivity contribution is 9.10. The number of ether oxygens (including phenoxy) is 2. The van der Waals surface area contributed by atoms with E-state index in [0.717, 1.165) is 38.5 Å². The highest BCUT2D eigenvalue weighted by Crippen LogP contribution is 2.47. The molecule has 0 unspecified atom stereocenters. The van der Waals surface area contributed by atoms with Crippen LogP contribution in [-0.4, -0.2) is 35.7 Å². The summed E-state index contributed by atoms with van der Waals surface area (Å²) in [5.74, 6) is 2.52. The summed E-state index contributed by atoms with van der Waals surface area (Å²) in [5, 5.41) is 7.70. The Labute approximate surface area is 181 Å². The lowest BCUT2D eigenvalue weighted by molar-refractivity contribution is -0.113. The lowest BCUT2D eigenvalue weighted by Crippen LogP contribution is -2.15. The number of benzene rings is 2. The Bertz CT molecular complexity index is 1070. The molecule has 0 fully saturated rings. The number of aromatic nitrogens is 2. The number of anilines is 1. The number of carbonyl (C=O) groups excluding carboxylic acids is 1. The Balaban J connectivity index is 1.89. The molecule has 1 amide bonds. The van der Waals surface area contributed by atoms with Gasteiger partial charge >= 0.3 is 0 Å². The van der Waals surface area contributed by atoms with Gasteiger partial charge in [0, 0.05) is 15.6 Å². The number of rotatable bonds is 4. The van der Waals surface area contributed by atoms with Gasteiger partial charge in [-0.25, -0.2) is 4.68 Å². The van der Waals surface area contributed by atoms with Crippen molar-refractivity contribution in [3.8, 4) is 17.2 Å². The van der Waals surface area contributed by atoms with E-state index in [1.165, 1.54) is 0 Å². The molecule has 0 radical (unpaired) electrons. The maximum atomic E-state index is 12.5. The molecule has 1 atom stereocenters. The van der Waals surface area contributed by atoms with Crippen molar-refractivity contribution in [2.75, 3.05) is 25.3 Å². The van der Waals surface area contributed by atoms with Gasteiger partial charge < -0.3 is 14.8 Å². The van der Waals surface area contributed by atoms with Crippen LogP contribution in [0.1, 0.15) is 22.1 Å². The second kappa shape index (κ2) is 8.12. The predicted molar refractivity (Wildman–Crippen MR) is 118 cm³/mol. The van der Waals surface area contributed by atoms with Crippen LogP contribution in [0, 0.1) is 6.92 Å². The van der Waals surface area contributed by atoms with Crippen LogP contribution in [0.4, 0.5) is 5.82 Å². The summed E-state index contributed by atoms with van der Waals surface area (Å²) < 4.78 is 13.6. The summed E-state index contributed by atoms with van der Waals surface area (Å²) in [4.78, 5) is 12.5. The summed E-state index contributed by atoms with van der Waals surface area (Å²) in [7, 11) is 3.29. The van der Waals surface area contributed by atoms with Gasteiger partial charge in [0.05, 0.1) is 36.6 Å². The Morgan fingerprint density at radius 2 is 1.93 bits per heavy atom. The van der Waals surface area contributed by atoms with Crippen LogP contribution in [0.2, 0.25) is 0 Å². The van der Waals surface area contributed by atoms with E-state index in [2.05, 4.69) is 21.2 Å². The molecule has 1 N–H and O–H groups in total. The Morgan fingerprint density at radius 1 is 1.17 bits per heavy atom. The van der Waals surface area contributed by atoms with Gasteiger partial charge in [-0.1, -0.05) is 15.9 Å². The van der Waals surface area contributed by atoms with Gasteiger partial charge in [0.25, 0.3) is 0 Å². The molecule has 150 valence electrons. The topological polar surface area (TPSA) is 65.4 Å². The molecule has 8 heteroatoms. The smallest absolute Gasteiger partial charge is 0.235 e. The maximum Gasteiger partial charge on any atom is 0.235 e. The predicted octanol–water partition coefficient (Wildman–Crippen LogP) is 4.74. The number of hydrogen-bond donors (Lipinski definition) is 1. The summed E-state index contributed by atoms with van der Waals surface area (Å²) in [5.41, 5.74) is 3.69. The fourth-order valence-electron chi connectivity index (χ4n) is 3.45. The van der Waals surface area contributed by atoms with Gasteiger partial charge in [0.2, 0.25) is 5.91 Å². The van der Waals surface area contributed by atoms with Gasteiger partial charge in [-0.05, 0) is 49.4 Å². The number of hydrogen-bond acceptors (Lipinski definition) is 5. The number of methoxy groups -OCH3 is 2. The molecule has 0 aliphatic carbocycles. The van der Waals surface area contributed by atoms with Crippen LogP contribution in [0.25, 0.3) is 5.69 Å². The van der Waals surface area contributed by atoms with Crippen molar-refractivity contribution >= 4 is 39.4 Å². The molecular weight excluding hydrogens is 454 g/mol. The van der Waals surface area contributed by atoms with Crippen molar-refractivity contribution in [1.29, 1.82) is 0 Å². The number of amides is 1. The van der Waals surface area contributed by atoms with E-state index in [0.29, 0.717) is 11.6 Å². The van der Waals surface area contributed by atoms with Crippen molar-refractivity contribution in [2.24, 2.45) is 0 Å². The molecule has 2 aromatic carbocycles. The molecule has 0 bridgehead atoms. The fraction of sp³-hybridized carbons (Fsp3) is 0.238. The van der Waals surface area contributed by atoms with E-state index in [9.17, 15) is 4.79 Å². The summed E-state index contributed by atoms with van der Waals surface area (Å²) in [6.07, 6.45) is 0. The molecule has 2 heterocycles. The first-order chi connectivity index (χ1) is 14.0. The van der Waals surface area contributed by atoms with Crippen molar-refractivity contribution < 1.29 is 14.3 Å². The van der Waals surface area contributed by atoms with E-state index in [1.54, 1.807) is 30.7 Å². The number of nitrogens with zero attached hydrogens (tertiary/aromatic N) is 2. The number of thioether (sulfide) groups is 1. The first-order valence-electron chi connectivity index (χ1n) is 9.00. The van der Waals surface area contributed by atoms with Gasteiger partial charge in [0.15, 0.2) is 0 Å². The van der Waals surface area contributed by atoms with E-state index in [1.807, 2.05) is 49.4 Å². The fourth-order valence-corrected chi connectivity index (χ4v) is 5.03. The third-order valence-electron chi connectivity index (χ3n) is 4.80. The highest BCUT2D eigenvalue weighted by Gasteiger charge is 2.32. The van der Waals surface area contributed by atoms with Gasteiger partial charge in [-0.3, -0.25) is 4.79 Å². The number of halogens is 1. The average molecular weight is 474 g/mol. The van der Waals surface area contributed by atoms with Crippen LogP contribution in [0.3, 0.4) is 0 Å². The van der Waals surface area contributed by atoms with Crippen molar-refractivity contribution in [3.05, 3.63) is 63.8 Å². The summed E-state index contributed by atoms with van der Waals surface area (Å²) in [6, 6.07) is 13.5. The van der Waals surface area contributed by atoms with Gasteiger partial charge in [-0.15, -0.1) is 11.8 Å². The minimum atomic E-state index is -0.0941. The first kappa shape index (κ1) is 19.8. The molecule has 1 aliphatic heterocycles. The van der Waals surface area contributed by atoms with Crippen LogP contribution in [0.15, 0.2) is 46.9 Å². The summed E-state index contributed by atoms with van der Waals surface area (Å²) >= 11 is 5.13. The Morgan fingerprint density at radius 3 is 2.62 bits per heavy atom. The Kier molecular flexibility index (Phi) is 5.56. The van der Waals surface area contributed by atoms with E-state index >= 15 is 0 Å². The SMILES string of the molecule is COc1ccc(-n2nc(C)c3c2NC(=O)CS[C@@H]3c2cc(Br)ccc2OC)cc1. The molecule has 0 saturated carbocycles. The average Bonchev–Trinajstić information content (AvgIpc) is 2.93. The largest absolute Gasteiger partial charge is 0.497 e.